The molecule has 0 fully saturated rings. The lowest BCUT2D eigenvalue weighted by Crippen LogP contribution is -2.43. The summed E-state index contributed by atoms with van der Waals surface area (Å²) in [6.45, 7) is 1.19. The lowest BCUT2D eigenvalue weighted by atomic mass is 10.1. The third-order valence-corrected chi connectivity index (χ3v) is 7.69. The summed E-state index contributed by atoms with van der Waals surface area (Å²) in [6, 6.07) is 26.2. The van der Waals surface area contributed by atoms with Crippen molar-refractivity contribution < 1.29 is 38.6 Å². The Bertz CT molecular complexity index is 1500. The monoisotopic (exact) mass is 740 g/mol. The van der Waals surface area contributed by atoms with Gasteiger partial charge >= 0.3 is 18.3 Å². The van der Waals surface area contributed by atoms with Gasteiger partial charge in [-0.25, -0.2) is 14.4 Å². The van der Waals surface area contributed by atoms with Gasteiger partial charge in [0.1, 0.15) is 13.2 Å². The molecule has 0 radical (unpaired) electrons. The van der Waals surface area contributed by atoms with Gasteiger partial charge in [-0.3, -0.25) is 9.59 Å². The van der Waals surface area contributed by atoms with Crippen LogP contribution in [0.2, 0.25) is 0 Å². The standard InChI is InChI=1S/C37H48N6O8.ClH/c38-32(19-11-23-43(37(48)49)25-28-12-4-1-5-13-28)34(45)40-20-10-18-31(42-36(47)51-27-30-16-8-3-9-17-30)24-33(44)39-21-22-41-35(46)50-26-29-14-6-2-7-15-29;/h1-9,12-17,31-32H,10-11,18-27,38H2,(H,39,44)(H,40,45)(H,41,46)(H,42,47)(H,48,49);1H/t31-,32-;/m0./s1. The number of carboxylic acid groups (broad SMARTS) is 1. The van der Waals surface area contributed by atoms with Gasteiger partial charge < -0.3 is 46.5 Å². The molecule has 15 heteroatoms. The zero-order valence-corrected chi connectivity index (χ0v) is 29.9. The molecule has 0 bridgehead atoms. The van der Waals surface area contributed by atoms with Crippen molar-refractivity contribution in [3.05, 3.63) is 108 Å². The fourth-order valence-electron chi connectivity index (χ4n) is 4.96. The molecule has 0 saturated heterocycles. The topological polar surface area (TPSA) is 201 Å². The second-order valence-electron chi connectivity index (χ2n) is 11.8. The number of hydrogen-bond acceptors (Lipinski definition) is 8. The molecule has 7 N–H and O–H groups in total. The number of nitrogens with zero attached hydrogens (tertiary/aromatic N) is 1. The first-order valence-corrected chi connectivity index (χ1v) is 16.9. The van der Waals surface area contributed by atoms with Gasteiger partial charge in [0.05, 0.1) is 6.04 Å². The average molecular weight is 741 g/mol. The molecule has 0 spiro atoms. The van der Waals surface area contributed by atoms with Crippen molar-refractivity contribution in [2.45, 2.75) is 63.9 Å². The Morgan fingerprint density at radius 2 is 1.21 bits per heavy atom. The average Bonchev–Trinajstić information content (AvgIpc) is 3.14. The molecular weight excluding hydrogens is 692 g/mol. The molecule has 3 aromatic carbocycles. The Hall–Kier alpha value is -5.34. The molecule has 0 aliphatic carbocycles. The summed E-state index contributed by atoms with van der Waals surface area (Å²) >= 11 is 0. The van der Waals surface area contributed by atoms with Crippen molar-refractivity contribution >= 4 is 42.5 Å². The Morgan fingerprint density at radius 3 is 1.79 bits per heavy atom. The van der Waals surface area contributed by atoms with E-state index in [1.165, 1.54) is 4.90 Å². The summed E-state index contributed by atoms with van der Waals surface area (Å²) < 4.78 is 10.5. The smallest absolute Gasteiger partial charge is 0.407 e. The third-order valence-electron chi connectivity index (χ3n) is 7.69. The van der Waals surface area contributed by atoms with Crippen molar-refractivity contribution in [2.24, 2.45) is 5.73 Å². The minimum absolute atomic E-state index is 0. The van der Waals surface area contributed by atoms with E-state index in [4.69, 9.17) is 15.2 Å². The maximum Gasteiger partial charge on any atom is 0.407 e. The first-order valence-electron chi connectivity index (χ1n) is 16.9. The van der Waals surface area contributed by atoms with Crippen molar-refractivity contribution in [1.29, 1.82) is 0 Å². The highest BCUT2D eigenvalue weighted by atomic mass is 35.5. The molecule has 282 valence electrons. The van der Waals surface area contributed by atoms with Crippen LogP contribution in [-0.2, 0) is 38.8 Å². The predicted octanol–water partition coefficient (Wildman–Crippen LogP) is 4.32. The molecule has 3 aromatic rings. The number of carbonyl (C=O) groups excluding carboxylic acids is 4. The summed E-state index contributed by atoms with van der Waals surface area (Å²) in [5.74, 6) is -0.726. The van der Waals surface area contributed by atoms with Crippen LogP contribution in [0.4, 0.5) is 14.4 Å². The van der Waals surface area contributed by atoms with Crippen LogP contribution in [0.5, 0.6) is 0 Å². The minimum atomic E-state index is -1.05. The summed E-state index contributed by atoms with van der Waals surface area (Å²) in [6.07, 6.45) is -0.932. The summed E-state index contributed by atoms with van der Waals surface area (Å²) in [5, 5.41) is 20.4. The van der Waals surface area contributed by atoms with Crippen molar-refractivity contribution in [2.75, 3.05) is 26.2 Å². The highest BCUT2D eigenvalue weighted by Gasteiger charge is 2.19. The van der Waals surface area contributed by atoms with Gasteiger partial charge in [-0.2, -0.15) is 0 Å². The minimum Gasteiger partial charge on any atom is -0.465 e. The second-order valence-corrected chi connectivity index (χ2v) is 11.8. The quantitative estimate of drug-likeness (QED) is 0.0861. The van der Waals surface area contributed by atoms with Gasteiger partial charge in [0.2, 0.25) is 11.8 Å². The van der Waals surface area contributed by atoms with Gasteiger partial charge in [0.25, 0.3) is 0 Å². The maximum atomic E-state index is 12.7. The molecule has 0 unspecified atom stereocenters. The lowest BCUT2D eigenvalue weighted by molar-refractivity contribution is -0.123. The van der Waals surface area contributed by atoms with Gasteiger partial charge in [0.15, 0.2) is 0 Å². The molecule has 0 aromatic heterocycles. The van der Waals surface area contributed by atoms with E-state index in [1.807, 2.05) is 91.0 Å². The zero-order chi connectivity index (χ0) is 36.7. The Morgan fingerprint density at radius 1 is 0.673 bits per heavy atom. The second kappa shape index (κ2) is 24.7. The predicted molar refractivity (Wildman–Crippen MR) is 197 cm³/mol. The Balaban J connectivity index is 0.00000936. The normalized spacial score (nSPS) is 11.5. The van der Waals surface area contributed by atoms with E-state index in [9.17, 15) is 29.1 Å². The van der Waals surface area contributed by atoms with Crippen LogP contribution in [0, 0.1) is 0 Å². The summed E-state index contributed by atoms with van der Waals surface area (Å²) in [4.78, 5) is 62.8. The Kier molecular flexibility index (Phi) is 20.4. The van der Waals surface area contributed by atoms with Crippen LogP contribution in [0.15, 0.2) is 91.0 Å². The number of halogens is 1. The fourth-order valence-corrected chi connectivity index (χ4v) is 4.96. The first kappa shape index (κ1) is 42.8. The SMILES string of the molecule is Cl.N[C@@H](CCCN(Cc1ccccc1)C(=O)O)C(=O)NCCC[C@@H](CC(=O)NCCNC(=O)OCc1ccccc1)NC(=O)OCc1ccccc1. The number of nitrogens with two attached hydrogens (primary N) is 1. The van der Waals surface area contributed by atoms with Crippen LogP contribution in [0.1, 0.15) is 48.8 Å². The van der Waals surface area contributed by atoms with Crippen LogP contribution in [0.25, 0.3) is 0 Å². The van der Waals surface area contributed by atoms with E-state index >= 15 is 0 Å². The number of carbonyl (C=O) groups is 5. The molecular formula is C37H49ClN6O8. The number of nitrogens with one attached hydrogen (secondary N) is 4. The molecule has 5 amide bonds. The highest BCUT2D eigenvalue weighted by molar-refractivity contribution is 5.85. The fraction of sp³-hybridized carbons (Fsp3) is 0.378. The molecule has 14 nitrogen and oxygen atoms in total. The number of hydrogen-bond donors (Lipinski definition) is 6. The number of amides is 5. The van der Waals surface area contributed by atoms with Gasteiger partial charge in [-0.05, 0) is 42.4 Å². The van der Waals surface area contributed by atoms with Gasteiger partial charge in [-0.15, -0.1) is 12.4 Å². The van der Waals surface area contributed by atoms with E-state index in [-0.39, 0.29) is 76.6 Å². The number of ether oxygens (including phenoxy) is 2. The third kappa shape index (κ3) is 18.1. The summed E-state index contributed by atoms with van der Waals surface area (Å²) in [5.41, 5.74) is 8.59. The number of alkyl carbamates (subject to hydrolysis) is 2. The molecule has 52 heavy (non-hydrogen) atoms. The van der Waals surface area contributed by atoms with Crippen LogP contribution < -0.4 is 27.0 Å². The molecule has 0 saturated carbocycles. The van der Waals surface area contributed by atoms with Crippen LogP contribution >= 0.6 is 12.4 Å². The van der Waals surface area contributed by atoms with E-state index in [0.29, 0.717) is 25.7 Å². The zero-order valence-electron chi connectivity index (χ0n) is 29.0. The number of benzene rings is 3. The molecule has 0 heterocycles. The van der Waals surface area contributed by atoms with E-state index in [2.05, 4.69) is 21.3 Å². The van der Waals surface area contributed by atoms with Crippen molar-refractivity contribution in [3.63, 3.8) is 0 Å². The van der Waals surface area contributed by atoms with Gasteiger partial charge in [0, 0.05) is 45.2 Å². The number of rotatable bonds is 21. The van der Waals surface area contributed by atoms with E-state index in [1.54, 1.807) is 0 Å². The van der Waals surface area contributed by atoms with Crippen LogP contribution in [-0.4, -0.2) is 78.4 Å². The largest absolute Gasteiger partial charge is 0.465 e. The maximum absolute atomic E-state index is 12.7. The molecule has 0 aliphatic rings. The Labute approximate surface area is 310 Å². The molecule has 2 atom stereocenters. The summed E-state index contributed by atoms with van der Waals surface area (Å²) in [7, 11) is 0. The van der Waals surface area contributed by atoms with E-state index < -0.39 is 30.4 Å². The molecule has 0 aliphatic heterocycles. The highest BCUT2D eigenvalue weighted by Crippen LogP contribution is 2.09. The van der Waals surface area contributed by atoms with Crippen LogP contribution in [0.3, 0.4) is 0 Å². The van der Waals surface area contributed by atoms with Crippen molar-refractivity contribution in [3.8, 4) is 0 Å². The lowest BCUT2D eigenvalue weighted by Gasteiger charge is -2.20. The van der Waals surface area contributed by atoms with Gasteiger partial charge in [-0.1, -0.05) is 91.0 Å². The molecule has 3 rings (SSSR count). The van der Waals surface area contributed by atoms with Crippen molar-refractivity contribution in [1.82, 2.24) is 26.2 Å². The first-order chi connectivity index (χ1) is 24.7. The van der Waals surface area contributed by atoms with E-state index in [0.717, 1.165) is 16.7 Å².